The van der Waals surface area contributed by atoms with Crippen LogP contribution in [-0.4, -0.2) is 34.4 Å². The van der Waals surface area contributed by atoms with Gasteiger partial charge in [-0.05, 0) is 52.5 Å². The number of terminal acetylenes is 1. The largest absolute Gasteiger partial charge is 0.464 e. The van der Waals surface area contributed by atoms with Crippen LogP contribution in [0, 0.1) is 12.3 Å². The maximum absolute atomic E-state index is 12.8. The van der Waals surface area contributed by atoms with Crippen LogP contribution in [-0.2, 0) is 4.79 Å². The Labute approximate surface area is 217 Å². The number of hydrogen-bond acceptors (Lipinski definition) is 7. The van der Waals surface area contributed by atoms with Crippen molar-refractivity contribution in [1.29, 1.82) is 0 Å². The van der Waals surface area contributed by atoms with E-state index in [1.165, 1.54) is 6.20 Å². The highest BCUT2D eigenvalue weighted by molar-refractivity contribution is 9.10. The van der Waals surface area contributed by atoms with Crippen molar-refractivity contribution in [2.75, 3.05) is 17.2 Å². The molecule has 1 atom stereocenters. The number of nitrogens with one attached hydrogen (secondary N) is 3. The highest BCUT2D eigenvalue weighted by atomic mass is 79.9. The van der Waals surface area contributed by atoms with Gasteiger partial charge in [0.05, 0.1) is 10.7 Å². The molecular weight excluding hydrogens is 524 g/mol. The fourth-order valence-electron chi connectivity index (χ4n) is 3.38. The van der Waals surface area contributed by atoms with Crippen LogP contribution in [0.5, 0.6) is 5.88 Å². The Balaban J connectivity index is 1.54. The van der Waals surface area contributed by atoms with E-state index in [2.05, 4.69) is 47.8 Å². The van der Waals surface area contributed by atoms with Crippen molar-refractivity contribution in [3.05, 3.63) is 70.3 Å². The van der Waals surface area contributed by atoms with Gasteiger partial charge < -0.3 is 26.4 Å². The lowest BCUT2D eigenvalue weighted by Gasteiger charge is -2.15. The van der Waals surface area contributed by atoms with E-state index in [4.69, 9.17) is 16.9 Å². The van der Waals surface area contributed by atoms with Gasteiger partial charge in [0.1, 0.15) is 0 Å². The third kappa shape index (κ3) is 7.04. The van der Waals surface area contributed by atoms with Crippen molar-refractivity contribution >= 4 is 45.1 Å². The van der Waals surface area contributed by atoms with Gasteiger partial charge in [0, 0.05) is 35.4 Å². The van der Waals surface area contributed by atoms with Crippen LogP contribution in [0.3, 0.4) is 0 Å². The Bertz CT molecular complexity index is 1290. The van der Waals surface area contributed by atoms with E-state index in [0.29, 0.717) is 21.4 Å². The van der Waals surface area contributed by atoms with E-state index >= 15 is 0 Å². The molecule has 1 aliphatic rings. The lowest BCUT2D eigenvalue weighted by Crippen LogP contribution is -2.26. The summed E-state index contributed by atoms with van der Waals surface area (Å²) in [4.78, 5) is 34.1. The van der Waals surface area contributed by atoms with Crippen LogP contribution in [0.1, 0.15) is 41.2 Å². The molecule has 2 amide bonds. The van der Waals surface area contributed by atoms with E-state index in [-0.39, 0.29) is 42.7 Å². The van der Waals surface area contributed by atoms with E-state index in [1.807, 2.05) is 30.3 Å². The minimum atomic E-state index is -0.456. The van der Waals surface area contributed by atoms with Gasteiger partial charge in [0.15, 0.2) is 6.61 Å². The summed E-state index contributed by atoms with van der Waals surface area (Å²) >= 11 is 3.32. The maximum Gasteiger partial charge on any atom is 0.251 e. The first-order valence-electron chi connectivity index (χ1n) is 11.3. The smallest absolute Gasteiger partial charge is 0.251 e. The molecule has 0 bridgehead atoms. The molecule has 1 aliphatic carbocycles. The quantitative estimate of drug-likeness (QED) is 0.282. The molecule has 3 aromatic rings. The van der Waals surface area contributed by atoms with Gasteiger partial charge in [-0.15, -0.1) is 6.42 Å². The first-order chi connectivity index (χ1) is 17.4. The molecule has 0 spiro atoms. The molecule has 2 aromatic carbocycles. The Morgan fingerprint density at radius 3 is 2.67 bits per heavy atom. The van der Waals surface area contributed by atoms with Crippen molar-refractivity contribution in [3.8, 4) is 18.2 Å². The summed E-state index contributed by atoms with van der Waals surface area (Å²) in [5.74, 6) is 2.38. The predicted octanol–water partition coefficient (Wildman–Crippen LogP) is 3.92. The average Bonchev–Trinajstić information content (AvgIpc) is 3.68. The van der Waals surface area contributed by atoms with Gasteiger partial charge in [-0.25, -0.2) is 4.98 Å². The normalized spacial score (nSPS) is 13.2. The molecule has 1 fully saturated rings. The van der Waals surface area contributed by atoms with E-state index in [0.717, 1.165) is 18.4 Å². The molecule has 0 radical (unpaired) electrons. The minimum absolute atomic E-state index is 0.0488. The van der Waals surface area contributed by atoms with Crippen LogP contribution in [0.15, 0.2) is 59.2 Å². The van der Waals surface area contributed by atoms with Gasteiger partial charge in [-0.1, -0.05) is 36.3 Å². The number of aromatic nitrogens is 2. The number of carbonyl (C=O) groups is 2. The Kier molecular flexibility index (Phi) is 8.15. The number of amides is 2. The first kappa shape index (κ1) is 25.2. The van der Waals surface area contributed by atoms with Crippen LogP contribution >= 0.6 is 15.9 Å². The Hall–Kier alpha value is -3.94. The molecule has 1 aromatic heterocycles. The first-order valence-corrected chi connectivity index (χ1v) is 12.1. The number of benzene rings is 2. The number of ether oxygens (including phenoxy) is 1. The van der Waals surface area contributed by atoms with Crippen molar-refractivity contribution in [2.45, 2.75) is 31.3 Å². The fraction of sp³-hybridized carbons (Fsp3) is 0.231. The highest BCUT2D eigenvalue weighted by Gasteiger charge is 2.24. The van der Waals surface area contributed by atoms with E-state index in [1.54, 1.807) is 18.2 Å². The Morgan fingerprint density at radius 2 is 1.94 bits per heavy atom. The van der Waals surface area contributed by atoms with Crippen LogP contribution in [0.4, 0.5) is 17.3 Å². The molecule has 0 aliphatic heterocycles. The molecule has 5 N–H and O–H groups in total. The van der Waals surface area contributed by atoms with E-state index < -0.39 is 6.04 Å². The van der Waals surface area contributed by atoms with Crippen molar-refractivity contribution < 1.29 is 14.3 Å². The zero-order valence-electron chi connectivity index (χ0n) is 19.3. The molecule has 10 heteroatoms. The summed E-state index contributed by atoms with van der Waals surface area (Å²) in [7, 11) is 0. The van der Waals surface area contributed by atoms with Crippen LogP contribution in [0.25, 0.3) is 0 Å². The van der Waals surface area contributed by atoms with E-state index in [9.17, 15) is 9.59 Å². The second-order valence-electron chi connectivity index (χ2n) is 8.28. The second-order valence-corrected chi connectivity index (χ2v) is 9.14. The van der Waals surface area contributed by atoms with Crippen molar-refractivity contribution in [2.24, 2.45) is 5.73 Å². The molecular formula is C26H25BrN6O3. The second kappa shape index (κ2) is 11.7. The highest BCUT2D eigenvalue weighted by Crippen LogP contribution is 2.27. The topological polar surface area (TPSA) is 131 Å². The number of nitrogens with zero attached hydrogens (tertiary/aromatic N) is 2. The molecule has 4 rings (SSSR count). The minimum Gasteiger partial charge on any atom is -0.464 e. The van der Waals surface area contributed by atoms with Crippen molar-refractivity contribution in [1.82, 2.24) is 15.3 Å². The molecule has 1 unspecified atom stereocenters. The third-order valence-corrected chi connectivity index (χ3v) is 5.83. The number of hydrogen-bond donors (Lipinski definition) is 4. The summed E-state index contributed by atoms with van der Waals surface area (Å²) in [6.07, 6.45) is 8.78. The molecule has 1 saturated carbocycles. The van der Waals surface area contributed by atoms with Crippen LogP contribution < -0.4 is 26.4 Å². The van der Waals surface area contributed by atoms with Gasteiger partial charge in [0.2, 0.25) is 17.7 Å². The number of rotatable bonds is 10. The SMILES string of the molecule is C#CCOc1nc(Nc2cc(NC(=O)CC(N)c3ccccc3)cc(C(=O)NC3CC3)c2)ncc1Br. The Morgan fingerprint density at radius 1 is 1.19 bits per heavy atom. The molecule has 184 valence electrons. The van der Waals surface area contributed by atoms with Gasteiger partial charge in [-0.3, -0.25) is 9.59 Å². The van der Waals surface area contributed by atoms with Crippen molar-refractivity contribution in [3.63, 3.8) is 0 Å². The number of carbonyl (C=O) groups excluding carboxylic acids is 2. The molecule has 9 nitrogen and oxygen atoms in total. The maximum atomic E-state index is 12.8. The van der Waals surface area contributed by atoms with Gasteiger partial charge in [0.25, 0.3) is 5.91 Å². The summed E-state index contributed by atoms with van der Waals surface area (Å²) in [5, 5.41) is 8.87. The summed E-state index contributed by atoms with van der Waals surface area (Å²) in [6.45, 7) is 0.0488. The lowest BCUT2D eigenvalue weighted by atomic mass is 10.0. The standard InChI is InChI=1S/C26H25BrN6O3/c1-2-10-36-25-21(27)15-29-26(33-25)32-20-12-17(24(35)31-18-8-9-18)11-19(13-20)30-23(34)14-22(28)16-6-4-3-5-7-16/h1,3-7,11-13,15,18,22H,8-10,14,28H2,(H,30,34)(H,31,35)(H,29,32,33). The number of anilines is 3. The average molecular weight is 549 g/mol. The zero-order chi connectivity index (χ0) is 25.5. The molecule has 1 heterocycles. The van der Waals surface area contributed by atoms with Crippen LogP contribution in [0.2, 0.25) is 0 Å². The predicted molar refractivity (Wildman–Crippen MR) is 141 cm³/mol. The van der Waals surface area contributed by atoms with Gasteiger partial charge >= 0.3 is 0 Å². The monoisotopic (exact) mass is 548 g/mol. The summed E-state index contributed by atoms with van der Waals surface area (Å²) in [6, 6.07) is 14.1. The number of halogens is 1. The summed E-state index contributed by atoms with van der Waals surface area (Å²) < 4.78 is 5.96. The molecule has 0 saturated heterocycles. The lowest BCUT2D eigenvalue weighted by molar-refractivity contribution is -0.116. The third-order valence-electron chi connectivity index (χ3n) is 5.28. The summed E-state index contributed by atoms with van der Waals surface area (Å²) in [5.41, 5.74) is 8.39. The molecule has 36 heavy (non-hydrogen) atoms. The van der Waals surface area contributed by atoms with Gasteiger partial charge in [-0.2, -0.15) is 4.98 Å². The fourth-order valence-corrected chi connectivity index (χ4v) is 3.69. The number of nitrogens with two attached hydrogens (primary N) is 1. The zero-order valence-corrected chi connectivity index (χ0v) is 20.9.